The molecule has 1 amide bonds. The summed E-state index contributed by atoms with van der Waals surface area (Å²) < 4.78 is 5.51. The number of carbonyl (C=O) groups excluding carboxylic acids is 1. The predicted octanol–water partition coefficient (Wildman–Crippen LogP) is 3.65. The van der Waals surface area contributed by atoms with Crippen LogP contribution in [0.5, 0.6) is 0 Å². The number of nitrogens with one attached hydrogen (secondary N) is 1. The summed E-state index contributed by atoms with van der Waals surface area (Å²) in [4.78, 5) is 19.8. The molecule has 1 aromatic rings. The van der Waals surface area contributed by atoms with Crippen molar-refractivity contribution in [2.75, 3.05) is 26.7 Å². The van der Waals surface area contributed by atoms with E-state index in [1.807, 2.05) is 37.9 Å². The number of amides is 1. The van der Waals surface area contributed by atoms with Crippen molar-refractivity contribution >= 4 is 6.09 Å². The van der Waals surface area contributed by atoms with E-state index < -0.39 is 5.60 Å². The van der Waals surface area contributed by atoms with Crippen LogP contribution in [0.1, 0.15) is 52.3 Å². The minimum absolute atomic E-state index is 0.178. The molecule has 1 N–H and O–H groups in total. The van der Waals surface area contributed by atoms with Gasteiger partial charge < -0.3 is 14.6 Å². The summed E-state index contributed by atoms with van der Waals surface area (Å²) in [5.74, 6) is 0.499. The highest BCUT2D eigenvalue weighted by Crippen LogP contribution is 2.23. The van der Waals surface area contributed by atoms with Gasteiger partial charge in [0.1, 0.15) is 5.60 Å². The van der Waals surface area contributed by atoms with Gasteiger partial charge in [0, 0.05) is 37.6 Å². The largest absolute Gasteiger partial charge is 0.444 e. The number of rotatable bonds is 4. The lowest BCUT2D eigenvalue weighted by atomic mass is 9.97. The summed E-state index contributed by atoms with van der Waals surface area (Å²) in [7, 11) is 2.15. The third-order valence-corrected chi connectivity index (χ3v) is 4.45. The smallest absolute Gasteiger partial charge is 0.410 e. The number of H-pyrrole nitrogens is 1. The average Bonchev–Trinajstić information content (AvgIpc) is 2.99. The summed E-state index contributed by atoms with van der Waals surface area (Å²) in [5, 5.41) is 0. The van der Waals surface area contributed by atoms with Crippen LogP contribution in [0, 0.1) is 5.92 Å². The van der Waals surface area contributed by atoms with Gasteiger partial charge in [-0.25, -0.2) is 4.79 Å². The summed E-state index contributed by atoms with van der Waals surface area (Å²) in [6.07, 6.45) is 4.00. The molecule has 0 radical (unpaired) electrons. The van der Waals surface area contributed by atoms with Gasteiger partial charge in [0.25, 0.3) is 0 Å². The molecule has 130 valence electrons. The fraction of sp³-hybridized carbons (Fsp3) is 0.722. The van der Waals surface area contributed by atoms with Crippen LogP contribution in [0.4, 0.5) is 4.79 Å². The molecule has 1 fully saturated rings. The second kappa shape index (κ2) is 7.39. The number of likely N-dealkylation sites (tertiary alicyclic amines) is 1. The Bertz CT molecular complexity index is 493. The maximum absolute atomic E-state index is 12.3. The first kappa shape index (κ1) is 17.9. The minimum atomic E-state index is -0.428. The number of nitrogens with zero attached hydrogens (tertiary/aromatic N) is 2. The van der Waals surface area contributed by atoms with Gasteiger partial charge in [0.2, 0.25) is 0 Å². The molecule has 0 unspecified atom stereocenters. The molecule has 5 nitrogen and oxygen atoms in total. The molecule has 2 atom stereocenters. The van der Waals surface area contributed by atoms with E-state index in [-0.39, 0.29) is 6.09 Å². The molecule has 0 saturated carbocycles. The fourth-order valence-electron chi connectivity index (χ4n) is 3.11. The third-order valence-electron chi connectivity index (χ3n) is 4.45. The normalized spacial score (nSPS) is 20.6. The van der Waals surface area contributed by atoms with Crippen LogP contribution >= 0.6 is 0 Å². The molecule has 23 heavy (non-hydrogen) atoms. The topological polar surface area (TPSA) is 48.6 Å². The molecule has 1 aromatic heterocycles. The lowest BCUT2D eigenvalue weighted by Crippen LogP contribution is -2.45. The zero-order valence-corrected chi connectivity index (χ0v) is 15.1. The number of aromatic amines is 1. The molecule has 2 heterocycles. The molecule has 1 aliphatic heterocycles. The molecule has 0 aromatic carbocycles. The highest BCUT2D eigenvalue weighted by atomic mass is 16.6. The SMILES string of the molecule is C[C@@H](c1ccc[nH]1)N(C)C[C@H]1CCCN(C(=O)OC(C)(C)C)C1. The number of piperidine rings is 1. The van der Waals surface area contributed by atoms with Crippen molar-refractivity contribution in [3.05, 3.63) is 24.0 Å². The van der Waals surface area contributed by atoms with E-state index in [0.717, 1.165) is 26.1 Å². The van der Waals surface area contributed by atoms with Crippen molar-refractivity contribution in [2.24, 2.45) is 5.92 Å². The van der Waals surface area contributed by atoms with Crippen LogP contribution in [0.3, 0.4) is 0 Å². The van der Waals surface area contributed by atoms with Crippen molar-refractivity contribution < 1.29 is 9.53 Å². The lowest BCUT2D eigenvalue weighted by molar-refractivity contribution is 0.0142. The Hall–Kier alpha value is -1.49. The average molecular weight is 321 g/mol. The minimum Gasteiger partial charge on any atom is -0.444 e. The van der Waals surface area contributed by atoms with E-state index in [1.165, 1.54) is 12.1 Å². The Kier molecular flexibility index (Phi) is 5.74. The van der Waals surface area contributed by atoms with Gasteiger partial charge in [-0.1, -0.05) is 0 Å². The quantitative estimate of drug-likeness (QED) is 0.921. The van der Waals surface area contributed by atoms with Crippen LogP contribution in [-0.4, -0.2) is 53.2 Å². The van der Waals surface area contributed by atoms with E-state index in [1.54, 1.807) is 0 Å². The second-order valence-electron chi connectivity index (χ2n) is 7.68. The van der Waals surface area contributed by atoms with Crippen molar-refractivity contribution in [2.45, 2.75) is 52.2 Å². The number of hydrogen-bond donors (Lipinski definition) is 1. The first-order valence-electron chi connectivity index (χ1n) is 8.57. The van der Waals surface area contributed by atoms with Gasteiger partial charge >= 0.3 is 6.09 Å². The highest BCUT2D eigenvalue weighted by Gasteiger charge is 2.28. The third kappa shape index (κ3) is 5.27. The highest BCUT2D eigenvalue weighted by molar-refractivity contribution is 5.68. The molecule has 5 heteroatoms. The standard InChI is InChI=1S/C18H31N3O2/c1-14(16-9-6-10-19-16)20(5)12-15-8-7-11-21(13-15)17(22)23-18(2,3)4/h6,9-10,14-15,19H,7-8,11-13H2,1-5H3/t14-,15+/m0/s1. The summed E-state index contributed by atoms with van der Waals surface area (Å²) in [6.45, 7) is 10.5. The first-order valence-corrected chi connectivity index (χ1v) is 8.57. The van der Waals surface area contributed by atoms with E-state index in [4.69, 9.17) is 4.74 Å². The zero-order chi connectivity index (χ0) is 17.0. The van der Waals surface area contributed by atoms with Gasteiger partial charge in [-0.05, 0) is 65.6 Å². The molecule has 1 aliphatic rings. The van der Waals surface area contributed by atoms with Gasteiger partial charge in [-0.15, -0.1) is 0 Å². The molecule has 2 rings (SSSR count). The molecular formula is C18H31N3O2. The lowest BCUT2D eigenvalue weighted by Gasteiger charge is -2.36. The van der Waals surface area contributed by atoms with Crippen molar-refractivity contribution in [3.8, 4) is 0 Å². The van der Waals surface area contributed by atoms with Crippen LogP contribution in [0.25, 0.3) is 0 Å². The number of hydrogen-bond acceptors (Lipinski definition) is 3. The van der Waals surface area contributed by atoms with Gasteiger partial charge in [0.05, 0.1) is 0 Å². The molecule has 0 bridgehead atoms. The Labute approximate surface area is 140 Å². The monoisotopic (exact) mass is 321 g/mol. The van der Waals surface area contributed by atoms with E-state index in [0.29, 0.717) is 12.0 Å². The van der Waals surface area contributed by atoms with Crippen molar-refractivity contribution in [1.29, 1.82) is 0 Å². The van der Waals surface area contributed by atoms with Gasteiger partial charge in [-0.3, -0.25) is 4.90 Å². The summed E-state index contributed by atoms with van der Waals surface area (Å²) >= 11 is 0. The van der Waals surface area contributed by atoms with Gasteiger partial charge in [0.15, 0.2) is 0 Å². The maximum atomic E-state index is 12.3. The maximum Gasteiger partial charge on any atom is 0.410 e. The van der Waals surface area contributed by atoms with Gasteiger partial charge in [-0.2, -0.15) is 0 Å². The number of aromatic nitrogens is 1. The summed E-state index contributed by atoms with van der Waals surface area (Å²) in [6, 6.07) is 4.50. The molecule has 0 aliphatic carbocycles. The van der Waals surface area contributed by atoms with E-state index in [2.05, 4.69) is 29.9 Å². The van der Waals surface area contributed by atoms with Crippen LogP contribution in [-0.2, 0) is 4.74 Å². The first-order chi connectivity index (χ1) is 10.8. The molecular weight excluding hydrogens is 290 g/mol. The fourth-order valence-corrected chi connectivity index (χ4v) is 3.11. The molecule has 1 saturated heterocycles. The predicted molar refractivity (Wildman–Crippen MR) is 92.4 cm³/mol. The van der Waals surface area contributed by atoms with Crippen LogP contribution in [0.2, 0.25) is 0 Å². The Morgan fingerprint density at radius 3 is 2.87 bits per heavy atom. The molecule has 0 spiro atoms. The Morgan fingerprint density at radius 1 is 1.52 bits per heavy atom. The Balaban J connectivity index is 1.87. The van der Waals surface area contributed by atoms with E-state index in [9.17, 15) is 4.79 Å². The number of ether oxygens (including phenoxy) is 1. The van der Waals surface area contributed by atoms with Crippen LogP contribution < -0.4 is 0 Å². The number of carbonyl (C=O) groups is 1. The zero-order valence-electron chi connectivity index (χ0n) is 15.1. The van der Waals surface area contributed by atoms with E-state index >= 15 is 0 Å². The van der Waals surface area contributed by atoms with Crippen molar-refractivity contribution in [3.63, 3.8) is 0 Å². The second-order valence-corrected chi connectivity index (χ2v) is 7.68. The summed E-state index contributed by atoms with van der Waals surface area (Å²) in [5.41, 5.74) is 0.801. The van der Waals surface area contributed by atoms with Crippen molar-refractivity contribution in [1.82, 2.24) is 14.8 Å². The Morgan fingerprint density at radius 2 is 2.26 bits per heavy atom. The van der Waals surface area contributed by atoms with Crippen LogP contribution in [0.15, 0.2) is 18.3 Å².